The molecule has 146 valence electrons. The number of aryl methyl sites for hydroxylation is 1. The van der Waals surface area contributed by atoms with Crippen molar-refractivity contribution in [2.45, 2.75) is 38.6 Å². The van der Waals surface area contributed by atoms with Gasteiger partial charge in [0.25, 0.3) is 0 Å². The molecule has 7 heteroatoms. The maximum atomic E-state index is 12.7. The molecule has 0 bridgehead atoms. The van der Waals surface area contributed by atoms with Gasteiger partial charge < -0.3 is 16.0 Å². The lowest BCUT2D eigenvalue weighted by molar-refractivity contribution is -0.120. The summed E-state index contributed by atoms with van der Waals surface area (Å²) in [5.41, 5.74) is 8.47. The number of hydrogen-bond donors (Lipinski definition) is 3. The molecule has 3 rings (SSSR count). The van der Waals surface area contributed by atoms with Gasteiger partial charge in [-0.15, -0.1) is 24.8 Å². The molecule has 0 saturated heterocycles. The Labute approximate surface area is 172 Å². The fourth-order valence-corrected chi connectivity index (χ4v) is 2.78. The van der Waals surface area contributed by atoms with E-state index >= 15 is 0 Å². The number of nitrogens with two attached hydrogens (primary N) is 1. The number of rotatable bonds is 6. The van der Waals surface area contributed by atoms with E-state index in [0.717, 1.165) is 41.7 Å². The van der Waals surface area contributed by atoms with Crippen molar-refractivity contribution in [1.82, 2.24) is 9.97 Å². The van der Waals surface area contributed by atoms with Crippen LogP contribution < -0.4 is 11.1 Å². The summed E-state index contributed by atoms with van der Waals surface area (Å²) < 4.78 is 0. The second kappa shape index (κ2) is 9.74. The number of fused-ring (bicyclic) bond motifs is 1. The fraction of sp³-hybridized carbons (Fsp3) is 0.300. The summed E-state index contributed by atoms with van der Waals surface area (Å²) in [5, 5.41) is 2.91. The maximum Gasteiger partial charge on any atom is 0.248 e. The average molecular weight is 409 g/mol. The Kier molecular flexibility index (Phi) is 8.28. The molecule has 1 aromatic heterocycles. The van der Waals surface area contributed by atoms with Gasteiger partial charge in [-0.25, -0.2) is 4.98 Å². The molecule has 0 radical (unpaired) electrons. The van der Waals surface area contributed by atoms with Crippen LogP contribution in [0.15, 0.2) is 48.5 Å². The Balaban J connectivity index is 0.00000182. The van der Waals surface area contributed by atoms with Crippen molar-refractivity contribution in [3.63, 3.8) is 0 Å². The van der Waals surface area contributed by atoms with E-state index in [1.54, 1.807) is 6.92 Å². The minimum Gasteiger partial charge on any atom is -0.342 e. The van der Waals surface area contributed by atoms with Crippen LogP contribution in [0.4, 0.5) is 5.69 Å². The molecule has 0 aliphatic rings. The highest BCUT2D eigenvalue weighted by atomic mass is 35.5. The van der Waals surface area contributed by atoms with Crippen LogP contribution in [0.5, 0.6) is 0 Å². The molecular weight excluding hydrogens is 383 g/mol. The molecule has 1 amide bonds. The number of amides is 1. The van der Waals surface area contributed by atoms with Crippen LogP contribution in [0.3, 0.4) is 0 Å². The summed E-state index contributed by atoms with van der Waals surface area (Å²) in [4.78, 5) is 20.6. The normalized spacial score (nSPS) is 12.6. The Morgan fingerprint density at radius 1 is 1.19 bits per heavy atom. The first-order valence-corrected chi connectivity index (χ1v) is 8.65. The third-order valence-electron chi connectivity index (χ3n) is 4.40. The van der Waals surface area contributed by atoms with Crippen LogP contribution >= 0.6 is 24.8 Å². The lowest BCUT2D eigenvalue weighted by Gasteiger charge is -2.24. The van der Waals surface area contributed by atoms with Gasteiger partial charge in [0.1, 0.15) is 11.4 Å². The first-order chi connectivity index (χ1) is 12.0. The van der Waals surface area contributed by atoms with Gasteiger partial charge in [0, 0.05) is 12.1 Å². The first-order valence-electron chi connectivity index (χ1n) is 8.65. The second-order valence-corrected chi connectivity index (χ2v) is 6.54. The minimum atomic E-state index is -1.10. The van der Waals surface area contributed by atoms with Crippen LogP contribution in [0.1, 0.15) is 38.1 Å². The number of aromatic nitrogens is 2. The zero-order valence-corrected chi connectivity index (χ0v) is 17.1. The summed E-state index contributed by atoms with van der Waals surface area (Å²) in [7, 11) is 0. The number of aromatic amines is 1. The van der Waals surface area contributed by atoms with E-state index in [1.807, 2.05) is 48.5 Å². The molecule has 0 aliphatic carbocycles. The maximum absolute atomic E-state index is 12.7. The van der Waals surface area contributed by atoms with E-state index in [4.69, 9.17) is 5.73 Å². The molecule has 1 unspecified atom stereocenters. The van der Waals surface area contributed by atoms with E-state index in [0.29, 0.717) is 5.69 Å². The van der Waals surface area contributed by atoms with Crippen molar-refractivity contribution in [3.8, 4) is 0 Å². The summed E-state index contributed by atoms with van der Waals surface area (Å²) in [5.74, 6) is 0.733. The van der Waals surface area contributed by atoms with Crippen LogP contribution in [0, 0.1) is 0 Å². The van der Waals surface area contributed by atoms with Crippen LogP contribution in [-0.4, -0.2) is 15.9 Å². The standard InChI is InChI=1S/C20H24N4O.2ClH/c1-3-4-10-18-23-16-12-11-15(13-17(16)24-18)22-19(25)20(2,21)14-8-6-5-7-9-14;;/h5-9,11-13H,3-4,10,21H2,1-2H3,(H,22,25)(H,23,24);2*1H. The number of carbonyl (C=O) groups excluding carboxylic acids is 1. The van der Waals surface area contributed by atoms with E-state index in [-0.39, 0.29) is 30.7 Å². The number of benzene rings is 2. The smallest absolute Gasteiger partial charge is 0.248 e. The van der Waals surface area contributed by atoms with Crippen molar-refractivity contribution in [2.24, 2.45) is 5.73 Å². The predicted molar refractivity (Wildman–Crippen MR) is 116 cm³/mol. The van der Waals surface area contributed by atoms with E-state index < -0.39 is 5.54 Å². The monoisotopic (exact) mass is 408 g/mol. The number of nitrogens with zero attached hydrogens (tertiary/aromatic N) is 1. The number of unbranched alkanes of at least 4 members (excludes halogenated alkanes) is 1. The van der Waals surface area contributed by atoms with E-state index in [1.165, 1.54) is 0 Å². The highest BCUT2D eigenvalue weighted by Crippen LogP contribution is 2.22. The van der Waals surface area contributed by atoms with Gasteiger partial charge in [-0.1, -0.05) is 43.7 Å². The molecule has 0 fully saturated rings. The quantitative estimate of drug-likeness (QED) is 0.558. The SMILES string of the molecule is CCCCc1nc2ccc(NC(=O)C(C)(N)c3ccccc3)cc2[nH]1.Cl.Cl. The molecule has 0 aliphatic heterocycles. The predicted octanol–water partition coefficient (Wildman–Crippen LogP) is 4.56. The van der Waals surface area contributed by atoms with Crippen LogP contribution in [-0.2, 0) is 16.8 Å². The molecule has 1 heterocycles. The molecule has 1 atom stereocenters. The molecule has 5 nitrogen and oxygen atoms in total. The van der Waals surface area contributed by atoms with Crippen LogP contribution in [0.2, 0.25) is 0 Å². The first kappa shape index (κ1) is 23.0. The van der Waals surface area contributed by atoms with Crippen molar-refractivity contribution in [2.75, 3.05) is 5.32 Å². The lowest BCUT2D eigenvalue weighted by Crippen LogP contribution is -2.45. The highest BCUT2D eigenvalue weighted by Gasteiger charge is 2.30. The van der Waals surface area contributed by atoms with Crippen molar-refractivity contribution in [1.29, 1.82) is 0 Å². The Morgan fingerprint density at radius 2 is 1.89 bits per heavy atom. The summed E-state index contributed by atoms with van der Waals surface area (Å²) >= 11 is 0. The highest BCUT2D eigenvalue weighted by molar-refractivity contribution is 5.99. The van der Waals surface area contributed by atoms with Crippen molar-refractivity contribution < 1.29 is 4.79 Å². The molecular formula is C20H26Cl2N4O. The van der Waals surface area contributed by atoms with Crippen molar-refractivity contribution in [3.05, 3.63) is 59.9 Å². The van der Waals surface area contributed by atoms with Crippen molar-refractivity contribution >= 4 is 47.4 Å². The van der Waals surface area contributed by atoms with E-state index in [9.17, 15) is 4.79 Å². The average Bonchev–Trinajstić information content (AvgIpc) is 3.02. The number of H-pyrrole nitrogens is 1. The molecule has 0 spiro atoms. The van der Waals surface area contributed by atoms with Gasteiger partial charge in [-0.2, -0.15) is 0 Å². The lowest BCUT2D eigenvalue weighted by atomic mass is 9.92. The summed E-state index contributed by atoms with van der Waals surface area (Å²) in [6, 6.07) is 15.0. The number of carbonyl (C=O) groups is 1. The van der Waals surface area contributed by atoms with Gasteiger partial charge in [-0.3, -0.25) is 4.79 Å². The summed E-state index contributed by atoms with van der Waals surface area (Å²) in [6.07, 6.45) is 3.17. The van der Waals surface area contributed by atoms with Gasteiger partial charge in [0.15, 0.2) is 0 Å². The summed E-state index contributed by atoms with van der Waals surface area (Å²) in [6.45, 7) is 3.88. The van der Waals surface area contributed by atoms with E-state index in [2.05, 4.69) is 22.2 Å². The van der Waals surface area contributed by atoms with Crippen LogP contribution in [0.25, 0.3) is 11.0 Å². The largest absolute Gasteiger partial charge is 0.342 e. The Bertz CT molecular complexity index is 878. The molecule has 2 aromatic carbocycles. The zero-order chi connectivity index (χ0) is 17.9. The Morgan fingerprint density at radius 3 is 2.56 bits per heavy atom. The minimum absolute atomic E-state index is 0. The van der Waals surface area contributed by atoms with Gasteiger partial charge in [-0.05, 0) is 37.1 Å². The van der Waals surface area contributed by atoms with Gasteiger partial charge in [0.2, 0.25) is 5.91 Å². The molecule has 0 saturated carbocycles. The number of hydrogen-bond acceptors (Lipinski definition) is 3. The second-order valence-electron chi connectivity index (χ2n) is 6.54. The fourth-order valence-electron chi connectivity index (χ4n) is 2.78. The molecule has 27 heavy (non-hydrogen) atoms. The third-order valence-corrected chi connectivity index (χ3v) is 4.40. The number of imidazole rings is 1. The Hall–Kier alpha value is -2.08. The van der Waals surface area contributed by atoms with Gasteiger partial charge in [0.05, 0.1) is 11.0 Å². The third kappa shape index (κ3) is 5.22. The number of nitrogens with one attached hydrogen (secondary N) is 2. The molecule has 3 aromatic rings. The molecule has 4 N–H and O–H groups in total. The number of halogens is 2. The number of anilines is 1. The van der Waals surface area contributed by atoms with Gasteiger partial charge >= 0.3 is 0 Å². The topological polar surface area (TPSA) is 83.8 Å². The zero-order valence-electron chi connectivity index (χ0n) is 15.5.